The number of amides is 1. The van der Waals surface area contributed by atoms with Gasteiger partial charge in [-0.3, -0.25) is 14.9 Å². The van der Waals surface area contributed by atoms with Gasteiger partial charge < -0.3 is 29.6 Å². The van der Waals surface area contributed by atoms with Gasteiger partial charge in [0.25, 0.3) is 5.69 Å². The number of hydrogen-bond donors (Lipinski definition) is 2. The monoisotopic (exact) mass is 579 g/mol. The lowest BCUT2D eigenvalue weighted by Gasteiger charge is -2.30. The minimum Gasteiger partial charge on any atom is -0.490 e. The third kappa shape index (κ3) is 7.52. The van der Waals surface area contributed by atoms with E-state index in [-0.39, 0.29) is 48.7 Å². The van der Waals surface area contributed by atoms with E-state index in [9.17, 15) is 24.5 Å². The van der Waals surface area contributed by atoms with Crippen molar-refractivity contribution < 1.29 is 38.3 Å². The van der Waals surface area contributed by atoms with Gasteiger partial charge in [-0.15, -0.1) is 0 Å². The Kier molecular flexibility index (Phi) is 9.92. The summed E-state index contributed by atoms with van der Waals surface area (Å²) < 4.78 is 22.3. The number of anilines is 1. The first-order chi connectivity index (χ1) is 20.1. The van der Waals surface area contributed by atoms with Crippen molar-refractivity contribution in [2.45, 2.75) is 45.6 Å². The third-order valence-corrected chi connectivity index (χ3v) is 6.80. The van der Waals surface area contributed by atoms with Crippen molar-refractivity contribution >= 4 is 29.2 Å². The van der Waals surface area contributed by atoms with Crippen LogP contribution in [-0.4, -0.2) is 55.3 Å². The first kappa shape index (κ1) is 30.3. The number of carbonyl (C=O) groups excluding carboxylic acids is 3. The Morgan fingerprint density at radius 1 is 1.02 bits per heavy atom. The summed E-state index contributed by atoms with van der Waals surface area (Å²) in [6.07, 6.45) is 1.45. The number of benzene rings is 2. The number of esters is 2. The molecule has 0 bridgehead atoms. The van der Waals surface area contributed by atoms with Crippen molar-refractivity contribution in [1.82, 2.24) is 5.32 Å². The molecule has 0 saturated carbocycles. The SMILES string of the molecule is CC(=O)Nc1ccc(OCCOC(=O)C2=C(C)NC(C)=C(C(=O)OC[C@H]3CCCO3)[C@@H]2c2cccc([N+](=O)[O-])c2)cc1. The summed E-state index contributed by atoms with van der Waals surface area (Å²) in [5.41, 5.74) is 2.00. The Balaban J connectivity index is 1.51. The lowest BCUT2D eigenvalue weighted by molar-refractivity contribution is -0.384. The highest BCUT2D eigenvalue weighted by Gasteiger charge is 2.39. The van der Waals surface area contributed by atoms with Crippen molar-refractivity contribution in [3.8, 4) is 5.75 Å². The number of carbonyl (C=O) groups is 3. The van der Waals surface area contributed by atoms with Crippen molar-refractivity contribution in [1.29, 1.82) is 0 Å². The van der Waals surface area contributed by atoms with Gasteiger partial charge in [-0.05, 0) is 56.5 Å². The first-order valence-corrected chi connectivity index (χ1v) is 13.5. The van der Waals surface area contributed by atoms with Crippen LogP contribution in [-0.2, 0) is 28.6 Å². The molecule has 2 atom stereocenters. The highest BCUT2D eigenvalue weighted by Crippen LogP contribution is 2.40. The van der Waals surface area contributed by atoms with E-state index in [0.29, 0.717) is 35.0 Å². The van der Waals surface area contributed by atoms with Crippen LogP contribution in [0.25, 0.3) is 0 Å². The highest BCUT2D eigenvalue weighted by atomic mass is 16.6. The van der Waals surface area contributed by atoms with Crippen LogP contribution in [0.5, 0.6) is 5.75 Å². The fourth-order valence-electron chi connectivity index (χ4n) is 4.92. The number of nitro groups is 1. The molecule has 12 nitrogen and oxygen atoms in total. The van der Waals surface area contributed by atoms with Crippen LogP contribution in [0, 0.1) is 10.1 Å². The Morgan fingerprint density at radius 2 is 1.71 bits per heavy atom. The molecule has 1 fully saturated rings. The fourth-order valence-corrected chi connectivity index (χ4v) is 4.92. The van der Waals surface area contributed by atoms with Crippen LogP contribution >= 0.6 is 0 Å². The Morgan fingerprint density at radius 3 is 2.33 bits per heavy atom. The molecule has 0 aromatic heterocycles. The molecule has 2 aromatic rings. The maximum Gasteiger partial charge on any atom is 0.336 e. The Labute approximate surface area is 242 Å². The summed E-state index contributed by atoms with van der Waals surface area (Å²) >= 11 is 0. The quantitative estimate of drug-likeness (QED) is 0.172. The van der Waals surface area contributed by atoms with E-state index >= 15 is 0 Å². The van der Waals surface area contributed by atoms with E-state index in [1.54, 1.807) is 44.2 Å². The molecule has 12 heteroatoms. The molecule has 222 valence electrons. The maximum absolute atomic E-state index is 13.5. The first-order valence-electron chi connectivity index (χ1n) is 13.5. The summed E-state index contributed by atoms with van der Waals surface area (Å²) in [5.74, 6) is -2.02. The zero-order valence-electron chi connectivity index (χ0n) is 23.6. The Bertz CT molecular complexity index is 1410. The number of non-ortho nitro benzene ring substituents is 1. The largest absolute Gasteiger partial charge is 0.490 e. The van der Waals surface area contributed by atoms with E-state index in [1.807, 2.05) is 0 Å². The van der Waals surface area contributed by atoms with Gasteiger partial charge in [-0.2, -0.15) is 0 Å². The lowest BCUT2D eigenvalue weighted by atomic mass is 9.80. The van der Waals surface area contributed by atoms with Gasteiger partial charge in [0.2, 0.25) is 5.91 Å². The van der Waals surface area contributed by atoms with Crippen LogP contribution in [0.1, 0.15) is 45.1 Å². The van der Waals surface area contributed by atoms with E-state index < -0.39 is 22.8 Å². The minimum atomic E-state index is -0.974. The van der Waals surface area contributed by atoms with Gasteiger partial charge >= 0.3 is 11.9 Å². The molecule has 0 spiro atoms. The van der Waals surface area contributed by atoms with Crippen molar-refractivity contribution in [2.24, 2.45) is 0 Å². The summed E-state index contributed by atoms with van der Waals surface area (Å²) in [6.45, 7) is 5.37. The predicted octanol–water partition coefficient (Wildman–Crippen LogP) is 4.13. The van der Waals surface area contributed by atoms with Crippen LogP contribution < -0.4 is 15.4 Å². The minimum absolute atomic E-state index is 0.0393. The second kappa shape index (κ2) is 13.8. The zero-order valence-corrected chi connectivity index (χ0v) is 23.6. The number of nitro benzene ring substituents is 1. The molecular weight excluding hydrogens is 546 g/mol. The molecule has 2 aliphatic rings. The molecular formula is C30H33N3O9. The summed E-state index contributed by atoms with van der Waals surface area (Å²) in [4.78, 5) is 49.1. The summed E-state index contributed by atoms with van der Waals surface area (Å²) in [5, 5.41) is 17.3. The average molecular weight is 580 g/mol. The molecule has 42 heavy (non-hydrogen) atoms. The molecule has 1 saturated heterocycles. The van der Waals surface area contributed by atoms with Crippen molar-refractivity contribution in [3.63, 3.8) is 0 Å². The second-order valence-electron chi connectivity index (χ2n) is 9.91. The topological polar surface area (TPSA) is 155 Å². The van der Waals surface area contributed by atoms with Gasteiger partial charge in [0.1, 0.15) is 25.6 Å². The summed E-state index contributed by atoms with van der Waals surface area (Å²) in [6, 6.07) is 12.5. The van der Waals surface area contributed by atoms with E-state index in [1.165, 1.54) is 25.1 Å². The van der Waals surface area contributed by atoms with Crippen molar-refractivity contribution in [3.05, 3.63) is 86.7 Å². The molecule has 4 rings (SSSR count). The maximum atomic E-state index is 13.5. The molecule has 2 heterocycles. The third-order valence-electron chi connectivity index (χ3n) is 6.80. The van der Waals surface area contributed by atoms with E-state index in [4.69, 9.17) is 18.9 Å². The molecule has 2 N–H and O–H groups in total. The van der Waals surface area contributed by atoms with Gasteiger partial charge in [-0.1, -0.05) is 12.1 Å². The predicted molar refractivity (Wildman–Crippen MR) is 152 cm³/mol. The zero-order chi connectivity index (χ0) is 30.2. The normalized spacial score (nSPS) is 18.3. The van der Waals surface area contributed by atoms with Crippen LogP contribution in [0.15, 0.2) is 71.1 Å². The number of dihydropyridines is 1. The van der Waals surface area contributed by atoms with Gasteiger partial charge in [-0.25, -0.2) is 9.59 Å². The average Bonchev–Trinajstić information content (AvgIpc) is 3.48. The molecule has 0 radical (unpaired) electrons. The summed E-state index contributed by atoms with van der Waals surface area (Å²) in [7, 11) is 0. The number of hydrogen-bond acceptors (Lipinski definition) is 10. The number of nitrogens with zero attached hydrogens (tertiary/aromatic N) is 1. The van der Waals surface area contributed by atoms with Crippen LogP contribution in [0.3, 0.4) is 0 Å². The number of nitrogens with one attached hydrogen (secondary N) is 2. The highest BCUT2D eigenvalue weighted by molar-refractivity contribution is 6.00. The van der Waals surface area contributed by atoms with Gasteiger partial charge in [0.15, 0.2) is 0 Å². The molecule has 0 unspecified atom stereocenters. The Hall–Kier alpha value is -4.71. The fraction of sp³-hybridized carbons (Fsp3) is 0.367. The van der Waals surface area contributed by atoms with Crippen LogP contribution in [0.2, 0.25) is 0 Å². The molecule has 0 aliphatic carbocycles. The molecule has 2 aromatic carbocycles. The van der Waals surface area contributed by atoms with E-state index in [2.05, 4.69) is 10.6 Å². The molecule has 1 amide bonds. The smallest absolute Gasteiger partial charge is 0.336 e. The number of ether oxygens (including phenoxy) is 4. The second-order valence-corrected chi connectivity index (χ2v) is 9.91. The number of rotatable bonds is 11. The van der Waals surface area contributed by atoms with Gasteiger partial charge in [0.05, 0.1) is 28.1 Å². The van der Waals surface area contributed by atoms with Crippen molar-refractivity contribution in [2.75, 3.05) is 31.7 Å². The standard InChI is InChI=1S/C30H33N3O9/c1-18-26(29(35)41-15-14-40-24-11-9-22(10-12-24)32-20(3)34)28(21-6-4-7-23(16-21)33(37)38)27(19(2)31-18)30(36)42-17-25-8-5-13-39-25/h4,6-7,9-12,16,25,28,31H,5,8,13-15,17H2,1-3H3,(H,32,34)/t25-,28-/m1/s1. The van der Waals surface area contributed by atoms with Crippen LogP contribution in [0.4, 0.5) is 11.4 Å². The van der Waals surface area contributed by atoms with Gasteiger partial charge in [0, 0.05) is 42.7 Å². The number of allylic oxidation sites excluding steroid dienone is 2. The van der Waals surface area contributed by atoms with E-state index in [0.717, 1.165) is 12.8 Å². The molecule has 2 aliphatic heterocycles. The lowest BCUT2D eigenvalue weighted by Crippen LogP contribution is -2.33.